The Labute approximate surface area is 142 Å². The molecule has 1 amide bonds. The van der Waals surface area contributed by atoms with E-state index in [0.29, 0.717) is 11.8 Å². The molecule has 0 aromatic heterocycles. The van der Waals surface area contributed by atoms with Gasteiger partial charge >= 0.3 is 11.1 Å². The van der Waals surface area contributed by atoms with E-state index in [9.17, 15) is 4.79 Å². The highest BCUT2D eigenvalue weighted by atomic mass is 35.5. The number of amides is 1. The summed E-state index contributed by atoms with van der Waals surface area (Å²) in [5.74, 6) is 1.54. The lowest BCUT2D eigenvalue weighted by Gasteiger charge is -2.24. The fraction of sp³-hybridized carbons (Fsp3) is 0.786. The molecule has 0 unspecified atom stereocenters. The first-order valence-corrected chi connectivity index (χ1v) is 8.40. The van der Waals surface area contributed by atoms with Crippen LogP contribution in [0.1, 0.15) is 41.0 Å². The number of alkyl halides is 1. The Morgan fingerprint density at radius 1 is 1.52 bits per heavy atom. The summed E-state index contributed by atoms with van der Waals surface area (Å²) in [4.78, 5) is 17.4. The number of carbonyl (C=O) groups is 1. The number of rotatable bonds is 5. The predicted molar refractivity (Wildman–Crippen MR) is 88.0 cm³/mol. The molecule has 0 radical (unpaired) electrons. The Balaban J connectivity index is 0.00000400. The van der Waals surface area contributed by atoms with Gasteiger partial charge in [0.05, 0.1) is 11.6 Å². The van der Waals surface area contributed by atoms with E-state index in [1.165, 1.54) is 0 Å². The normalized spacial score (nSPS) is 17.2. The van der Waals surface area contributed by atoms with Gasteiger partial charge in [0, 0.05) is 0 Å². The van der Waals surface area contributed by atoms with Crippen molar-refractivity contribution >= 4 is 39.7 Å². The van der Waals surface area contributed by atoms with Crippen molar-refractivity contribution in [2.75, 3.05) is 11.6 Å². The Morgan fingerprint density at radius 2 is 2.14 bits per heavy atom. The maximum Gasteiger partial charge on any atom is 0.408 e. The molecule has 21 heavy (non-hydrogen) atoms. The minimum atomic E-state index is -0.498. The minimum Gasteiger partial charge on any atom is -1.00 e. The summed E-state index contributed by atoms with van der Waals surface area (Å²) in [6, 6.07) is -0.111. The molecule has 1 rings (SSSR count). The van der Waals surface area contributed by atoms with E-state index in [1.54, 1.807) is 11.4 Å². The zero-order valence-corrected chi connectivity index (χ0v) is 15.5. The van der Waals surface area contributed by atoms with Gasteiger partial charge in [-0.15, -0.1) is 11.6 Å². The number of ether oxygens (including phenoxy) is 1. The lowest BCUT2D eigenvalue weighted by molar-refractivity contribution is -0.0000268. The van der Waals surface area contributed by atoms with Gasteiger partial charge < -0.3 is 22.5 Å². The Hall–Kier alpha value is -0.390. The van der Waals surface area contributed by atoms with Gasteiger partial charge in [0.25, 0.3) is 0 Å². The van der Waals surface area contributed by atoms with Gasteiger partial charge in [0.2, 0.25) is 17.1 Å². The van der Waals surface area contributed by atoms with Crippen molar-refractivity contribution in [2.24, 2.45) is 10.9 Å². The second-order valence-electron chi connectivity index (χ2n) is 5.95. The van der Waals surface area contributed by atoms with Gasteiger partial charge in [-0.1, -0.05) is 20.3 Å². The van der Waals surface area contributed by atoms with Gasteiger partial charge in [-0.3, -0.25) is 0 Å². The highest BCUT2D eigenvalue weighted by molar-refractivity contribution is 7.80. The summed E-state index contributed by atoms with van der Waals surface area (Å²) < 4.78 is 5.33. The Bertz CT molecular complexity index is 420. The molecule has 2 atom stereocenters. The van der Waals surface area contributed by atoms with E-state index in [1.807, 2.05) is 20.8 Å². The third kappa shape index (κ3) is 6.94. The topological polar surface area (TPSA) is 50.7 Å². The third-order valence-electron chi connectivity index (χ3n) is 2.96. The smallest absolute Gasteiger partial charge is 0.408 e. The first-order chi connectivity index (χ1) is 9.26. The summed E-state index contributed by atoms with van der Waals surface area (Å²) in [6.07, 6.45) is 0.557. The van der Waals surface area contributed by atoms with Crippen LogP contribution in [0.3, 0.4) is 0 Å². The molecule has 0 saturated carbocycles. The number of nitrogens with zero attached hydrogens (tertiary/aromatic N) is 1. The van der Waals surface area contributed by atoms with E-state index in [2.05, 4.69) is 24.2 Å². The summed E-state index contributed by atoms with van der Waals surface area (Å²) in [6.45, 7) is 9.76. The van der Waals surface area contributed by atoms with Crippen LogP contribution in [0.15, 0.2) is 4.99 Å². The molecule has 0 saturated heterocycles. The van der Waals surface area contributed by atoms with Crippen LogP contribution in [-0.4, -0.2) is 40.1 Å². The molecule has 4 nitrogen and oxygen atoms in total. The molecule has 0 spiro atoms. The van der Waals surface area contributed by atoms with Crippen LogP contribution >= 0.6 is 11.6 Å². The van der Waals surface area contributed by atoms with Crippen molar-refractivity contribution in [1.29, 1.82) is 0 Å². The molecule has 0 fully saturated rings. The highest BCUT2D eigenvalue weighted by Gasteiger charge is 2.35. The molecule has 0 aromatic carbocycles. The fourth-order valence-electron chi connectivity index (χ4n) is 1.72. The first-order valence-electron chi connectivity index (χ1n) is 6.88. The second-order valence-corrected chi connectivity index (χ2v) is 7.21. The Morgan fingerprint density at radius 3 is 2.57 bits per heavy atom. The maximum absolute atomic E-state index is 12.0. The van der Waals surface area contributed by atoms with Crippen LogP contribution in [0.25, 0.3) is 0 Å². The minimum absolute atomic E-state index is 0. The average molecular weight is 355 g/mol. The number of aliphatic imine (C=N–C) groups is 1. The highest BCUT2D eigenvalue weighted by Crippen LogP contribution is 2.14. The third-order valence-corrected chi connectivity index (χ3v) is 4.39. The molecule has 7 heteroatoms. The summed E-state index contributed by atoms with van der Waals surface area (Å²) >= 11 is 7.46. The number of carbonyl (C=O) groups excluding carboxylic acids is 1. The fourth-order valence-corrected chi connectivity index (χ4v) is 3.13. The molecular formula is C14H24Cl2N2O2S. The van der Waals surface area contributed by atoms with Crippen molar-refractivity contribution in [3.05, 3.63) is 0 Å². The average Bonchev–Trinajstić information content (AvgIpc) is 2.81. The number of hydrogen-bond acceptors (Lipinski definition) is 3. The van der Waals surface area contributed by atoms with E-state index in [-0.39, 0.29) is 18.4 Å². The molecule has 1 aliphatic heterocycles. The van der Waals surface area contributed by atoms with Gasteiger partial charge in [-0.25, -0.2) is 4.79 Å². The summed E-state index contributed by atoms with van der Waals surface area (Å²) in [7, 11) is 0. The molecule has 1 N–H and O–H groups in total. The van der Waals surface area contributed by atoms with Crippen LogP contribution in [0.2, 0.25) is 0 Å². The quantitative estimate of drug-likeness (QED) is 0.423. The monoisotopic (exact) mass is 354 g/mol. The van der Waals surface area contributed by atoms with Gasteiger partial charge in [0.15, 0.2) is 0 Å². The first kappa shape index (κ1) is 20.6. The van der Waals surface area contributed by atoms with Crippen molar-refractivity contribution in [3.8, 4) is 0 Å². The number of halogens is 2. The standard InChI is InChI=1S/C14H23ClN2O2S.ClH/c1-6-9(2)11(12-16-10(7-15)8-20-12)17-13(18)19-14(3,4)5;/h9,11H,6-8H2,1-5H3;1H/t9-,11-;/m0./s1. The second kappa shape index (κ2) is 8.91. The molecular weight excluding hydrogens is 331 g/mol. The van der Waals surface area contributed by atoms with Crippen molar-refractivity contribution in [2.45, 2.75) is 52.7 Å². The van der Waals surface area contributed by atoms with Gasteiger partial charge in [-0.2, -0.15) is 4.99 Å². The van der Waals surface area contributed by atoms with Crippen molar-refractivity contribution < 1.29 is 21.9 Å². The summed E-state index contributed by atoms with van der Waals surface area (Å²) in [5.41, 5.74) is 0.466. The van der Waals surface area contributed by atoms with Crippen molar-refractivity contribution in [3.63, 3.8) is 0 Å². The van der Waals surface area contributed by atoms with Crippen LogP contribution in [-0.2, 0) is 16.1 Å². The van der Waals surface area contributed by atoms with Crippen LogP contribution in [0, 0.1) is 5.92 Å². The zero-order chi connectivity index (χ0) is 15.3. The van der Waals surface area contributed by atoms with Crippen LogP contribution in [0.4, 0.5) is 4.79 Å². The zero-order valence-electron chi connectivity index (χ0n) is 13.2. The number of nitrogens with one attached hydrogen (secondary N) is 1. The van der Waals surface area contributed by atoms with Gasteiger partial charge in [-0.05, 0) is 26.7 Å². The molecule has 0 aromatic rings. The Kier molecular flexibility index (Phi) is 8.74. The van der Waals surface area contributed by atoms with Crippen molar-refractivity contribution in [1.82, 2.24) is 5.32 Å². The van der Waals surface area contributed by atoms with Gasteiger partial charge in [0.1, 0.15) is 11.6 Å². The summed E-state index contributed by atoms with van der Waals surface area (Å²) in [5, 5.41) is 2.94. The van der Waals surface area contributed by atoms with E-state index in [4.69, 9.17) is 16.3 Å². The lowest BCUT2D eigenvalue weighted by atomic mass is 9.99. The largest absolute Gasteiger partial charge is 1.00 e. The predicted octanol–water partition coefficient (Wildman–Crippen LogP) is -0.164. The molecule has 122 valence electrons. The lowest BCUT2D eigenvalue weighted by Crippen LogP contribution is -3.00. The number of alkyl carbamates (subject to hydrolysis) is 1. The molecule has 0 bridgehead atoms. The number of hydrogen-bond donors (Lipinski definition) is 1. The van der Waals surface area contributed by atoms with Crippen LogP contribution in [0.5, 0.6) is 0 Å². The SMILES string of the molecule is CC[C@H](C)[C@H](NC(=O)OC(C)(C)C)C1=[S+]CC(CCl)=N1.[Cl-]. The molecule has 1 heterocycles. The molecule has 1 aliphatic rings. The van der Waals surface area contributed by atoms with Crippen LogP contribution < -0.4 is 17.7 Å². The molecule has 0 aliphatic carbocycles. The van der Waals surface area contributed by atoms with E-state index < -0.39 is 11.7 Å². The maximum atomic E-state index is 12.0. The van der Waals surface area contributed by atoms with E-state index in [0.717, 1.165) is 22.9 Å². The van der Waals surface area contributed by atoms with E-state index >= 15 is 0 Å².